The first-order valence-corrected chi connectivity index (χ1v) is 4.45. The molecule has 0 spiro atoms. The second-order valence-electron chi connectivity index (χ2n) is 3.45. The van der Waals surface area contributed by atoms with E-state index >= 15 is 0 Å². The third-order valence-electron chi connectivity index (χ3n) is 2.48. The molecule has 12 heavy (non-hydrogen) atoms. The van der Waals surface area contributed by atoms with Crippen molar-refractivity contribution in [1.82, 2.24) is 4.98 Å². The Kier molecular flexibility index (Phi) is 1.89. The minimum absolute atomic E-state index is 0.613. The number of fused-ring (bicyclic) bond motifs is 1. The van der Waals surface area contributed by atoms with E-state index in [1.165, 1.54) is 0 Å². The van der Waals surface area contributed by atoms with Crippen molar-refractivity contribution in [3.8, 4) is 0 Å². The molecule has 2 rings (SSSR count). The lowest BCUT2D eigenvalue weighted by molar-refractivity contribution is 0.402. The molecule has 1 aliphatic rings. The lowest BCUT2D eigenvalue weighted by Gasteiger charge is -2.17. The molecule has 3 heteroatoms. The predicted octanol–water partition coefficient (Wildman–Crippen LogP) is 1.05. The average molecular weight is 166 g/mol. The molecule has 0 radical (unpaired) electrons. The van der Waals surface area contributed by atoms with Crippen LogP contribution in [0.25, 0.3) is 0 Å². The van der Waals surface area contributed by atoms with E-state index in [2.05, 4.69) is 4.98 Å². The number of nitrogens with zero attached hydrogens (tertiary/aromatic N) is 1. The van der Waals surface area contributed by atoms with Crippen LogP contribution >= 0.6 is 0 Å². The quantitative estimate of drug-likeness (QED) is 0.678. The van der Waals surface area contributed by atoms with E-state index in [0.717, 1.165) is 43.2 Å². The van der Waals surface area contributed by atoms with Crippen LogP contribution < -0.4 is 5.73 Å². The molecule has 66 valence electrons. The zero-order chi connectivity index (χ0) is 8.55. The normalized spacial score (nSPS) is 22.3. The van der Waals surface area contributed by atoms with Gasteiger partial charge in [0, 0.05) is 13.3 Å². The van der Waals surface area contributed by atoms with E-state index in [9.17, 15) is 0 Å². The Hall–Kier alpha value is -0.830. The SMILES string of the molecule is Cc1nc2c(o1)CCC(CN)C2. The van der Waals surface area contributed by atoms with Gasteiger partial charge in [0.25, 0.3) is 0 Å². The Labute approximate surface area is 72.0 Å². The first-order valence-electron chi connectivity index (χ1n) is 4.45. The Morgan fingerprint density at radius 2 is 2.50 bits per heavy atom. The molecule has 0 fully saturated rings. The molecule has 1 aromatic rings. The van der Waals surface area contributed by atoms with Crippen molar-refractivity contribution >= 4 is 0 Å². The molecule has 0 aromatic carbocycles. The van der Waals surface area contributed by atoms with Gasteiger partial charge in [0.1, 0.15) is 5.76 Å². The summed E-state index contributed by atoms with van der Waals surface area (Å²) in [6.07, 6.45) is 3.17. The van der Waals surface area contributed by atoms with E-state index in [0.29, 0.717) is 5.92 Å². The van der Waals surface area contributed by atoms with Crippen LogP contribution in [-0.2, 0) is 12.8 Å². The second-order valence-corrected chi connectivity index (χ2v) is 3.45. The highest BCUT2D eigenvalue weighted by Gasteiger charge is 2.21. The summed E-state index contributed by atoms with van der Waals surface area (Å²) < 4.78 is 5.45. The highest BCUT2D eigenvalue weighted by molar-refractivity contribution is 5.14. The van der Waals surface area contributed by atoms with Crippen LogP contribution in [0.2, 0.25) is 0 Å². The van der Waals surface area contributed by atoms with Gasteiger partial charge in [0.05, 0.1) is 5.69 Å². The van der Waals surface area contributed by atoms with E-state index in [4.69, 9.17) is 10.2 Å². The first kappa shape index (κ1) is 7.80. The van der Waals surface area contributed by atoms with Crippen LogP contribution in [0.5, 0.6) is 0 Å². The average Bonchev–Trinajstić information content (AvgIpc) is 2.43. The number of aromatic nitrogens is 1. The maximum atomic E-state index is 5.61. The maximum Gasteiger partial charge on any atom is 0.191 e. The topological polar surface area (TPSA) is 52.0 Å². The van der Waals surface area contributed by atoms with Crippen molar-refractivity contribution < 1.29 is 4.42 Å². The zero-order valence-corrected chi connectivity index (χ0v) is 7.34. The van der Waals surface area contributed by atoms with Crippen molar-refractivity contribution in [2.75, 3.05) is 6.54 Å². The van der Waals surface area contributed by atoms with Crippen LogP contribution in [0.3, 0.4) is 0 Å². The summed E-state index contributed by atoms with van der Waals surface area (Å²) >= 11 is 0. The minimum Gasteiger partial charge on any atom is -0.446 e. The molecular formula is C9H14N2O. The fourth-order valence-electron chi connectivity index (χ4n) is 1.78. The van der Waals surface area contributed by atoms with Gasteiger partial charge in [-0.3, -0.25) is 0 Å². The first-order chi connectivity index (χ1) is 5.79. The van der Waals surface area contributed by atoms with Crippen molar-refractivity contribution in [2.24, 2.45) is 11.7 Å². The van der Waals surface area contributed by atoms with Gasteiger partial charge >= 0.3 is 0 Å². The van der Waals surface area contributed by atoms with Crippen molar-refractivity contribution in [3.63, 3.8) is 0 Å². The number of aryl methyl sites for hydroxylation is 2. The van der Waals surface area contributed by atoms with Crippen molar-refractivity contribution in [1.29, 1.82) is 0 Å². The second kappa shape index (κ2) is 2.90. The molecule has 1 atom stereocenters. The molecule has 1 heterocycles. The summed E-state index contributed by atoms with van der Waals surface area (Å²) in [5.41, 5.74) is 6.74. The number of hydrogen-bond acceptors (Lipinski definition) is 3. The monoisotopic (exact) mass is 166 g/mol. The molecule has 3 nitrogen and oxygen atoms in total. The molecule has 0 saturated heterocycles. The smallest absolute Gasteiger partial charge is 0.191 e. The highest BCUT2D eigenvalue weighted by Crippen LogP contribution is 2.24. The summed E-state index contributed by atoms with van der Waals surface area (Å²) in [4.78, 5) is 4.33. The number of hydrogen-bond donors (Lipinski definition) is 1. The molecule has 1 unspecified atom stereocenters. The van der Waals surface area contributed by atoms with Crippen LogP contribution in [0.15, 0.2) is 4.42 Å². The van der Waals surface area contributed by atoms with Gasteiger partial charge in [0.2, 0.25) is 0 Å². The molecule has 0 aliphatic heterocycles. The predicted molar refractivity (Wildman–Crippen MR) is 45.8 cm³/mol. The summed E-state index contributed by atoms with van der Waals surface area (Å²) in [7, 11) is 0. The van der Waals surface area contributed by atoms with E-state index in [1.807, 2.05) is 6.92 Å². The minimum atomic E-state index is 0.613. The Morgan fingerprint density at radius 3 is 3.25 bits per heavy atom. The fourth-order valence-corrected chi connectivity index (χ4v) is 1.78. The van der Waals surface area contributed by atoms with Gasteiger partial charge in [-0.25, -0.2) is 4.98 Å². The third-order valence-corrected chi connectivity index (χ3v) is 2.48. The van der Waals surface area contributed by atoms with Gasteiger partial charge in [-0.15, -0.1) is 0 Å². The van der Waals surface area contributed by atoms with E-state index in [1.54, 1.807) is 0 Å². The summed E-state index contributed by atoms with van der Waals surface area (Å²) in [6, 6.07) is 0. The lowest BCUT2D eigenvalue weighted by Crippen LogP contribution is -2.21. The molecule has 0 bridgehead atoms. The van der Waals surface area contributed by atoms with Gasteiger partial charge in [-0.1, -0.05) is 0 Å². The maximum absolute atomic E-state index is 5.61. The van der Waals surface area contributed by atoms with Gasteiger partial charge in [-0.2, -0.15) is 0 Å². The van der Waals surface area contributed by atoms with E-state index < -0.39 is 0 Å². The third kappa shape index (κ3) is 1.25. The summed E-state index contributed by atoms with van der Waals surface area (Å²) in [6.45, 7) is 2.67. The number of oxazole rings is 1. The van der Waals surface area contributed by atoms with Crippen LogP contribution in [0.4, 0.5) is 0 Å². The molecule has 1 aliphatic carbocycles. The Morgan fingerprint density at radius 1 is 1.67 bits per heavy atom. The lowest BCUT2D eigenvalue weighted by atomic mass is 9.90. The fraction of sp³-hybridized carbons (Fsp3) is 0.667. The molecule has 2 N–H and O–H groups in total. The molecule has 0 amide bonds. The summed E-state index contributed by atoms with van der Waals surface area (Å²) in [5, 5.41) is 0. The highest BCUT2D eigenvalue weighted by atomic mass is 16.4. The summed E-state index contributed by atoms with van der Waals surface area (Å²) in [5.74, 6) is 2.48. The standard InChI is InChI=1S/C9H14N2O/c1-6-11-8-4-7(5-10)2-3-9(8)12-6/h7H,2-5,10H2,1H3. The van der Waals surface area contributed by atoms with Crippen LogP contribution in [-0.4, -0.2) is 11.5 Å². The van der Waals surface area contributed by atoms with Gasteiger partial charge < -0.3 is 10.2 Å². The number of rotatable bonds is 1. The van der Waals surface area contributed by atoms with Crippen molar-refractivity contribution in [3.05, 3.63) is 17.3 Å². The van der Waals surface area contributed by atoms with E-state index in [-0.39, 0.29) is 0 Å². The molecular weight excluding hydrogens is 152 g/mol. The Balaban J connectivity index is 2.22. The molecule has 1 aromatic heterocycles. The van der Waals surface area contributed by atoms with Crippen LogP contribution in [0, 0.1) is 12.8 Å². The number of nitrogens with two attached hydrogens (primary N) is 1. The zero-order valence-electron chi connectivity index (χ0n) is 7.34. The van der Waals surface area contributed by atoms with Gasteiger partial charge in [0.15, 0.2) is 5.89 Å². The molecule has 0 saturated carbocycles. The van der Waals surface area contributed by atoms with Crippen LogP contribution in [0.1, 0.15) is 23.8 Å². The van der Waals surface area contributed by atoms with Crippen molar-refractivity contribution in [2.45, 2.75) is 26.2 Å². The Bertz CT molecular complexity index is 280. The van der Waals surface area contributed by atoms with Gasteiger partial charge in [-0.05, 0) is 25.3 Å². The largest absolute Gasteiger partial charge is 0.446 e.